The van der Waals surface area contributed by atoms with E-state index in [1.807, 2.05) is 57.3 Å². The summed E-state index contributed by atoms with van der Waals surface area (Å²) in [5.74, 6) is -0.0527. The summed E-state index contributed by atoms with van der Waals surface area (Å²) >= 11 is 0. The smallest absolute Gasteiger partial charge is 0.337 e. The highest BCUT2D eigenvalue weighted by molar-refractivity contribution is 6.12. The zero-order chi connectivity index (χ0) is 24.3. The fourth-order valence-electron chi connectivity index (χ4n) is 5.50. The number of hydrogen-bond acceptors (Lipinski definition) is 5. The van der Waals surface area contributed by atoms with Crippen LogP contribution in [0.1, 0.15) is 56.4 Å². The number of hydrogen-bond donors (Lipinski definition) is 1. The molecule has 2 aromatic carbocycles. The van der Waals surface area contributed by atoms with E-state index in [1.165, 1.54) is 5.56 Å². The Morgan fingerprint density at radius 3 is 2.63 bits per heavy atom. The molecule has 1 N–H and O–H groups in total. The van der Waals surface area contributed by atoms with Gasteiger partial charge >= 0.3 is 5.97 Å². The molecule has 6 nitrogen and oxygen atoms in total. The topological polar surface area (TPSA) is 81.8 Å². The van der Waals surface area contributed by atoms with Gasteiger partial charge in [-0.2, -0.15) is 0 Å². The number of furan rings is 1. The number of fused-ring (bicyclic) bond motifs is 3. The van der Waals surface area contributed by atoms with E-state index in [1.54, 1.807) is 6.26 Å². The van der Waals surface area contributed by atoms with Gasteiger partial charge < -0.3 is 19.0 Å². The molecule has 0 saturated carbocycles. The Kier molecular flexibility index (Phi) is 4.97. The van der Waals surface area contributed by atoms with E-state index in [0.717, 1.165) is 56.5 Å². The molecule has 35 heavy (non-hydrogen) atoms. The van der Waals surface area contributed by atoms with Crippen molar-refractivity contribution in [3.63, 3.8) is 0 Å². The Morgan fingerprint density at radius 2 is 1.86 bits per heavy atom. The highest BCUT2D eigenvalue weighted by Crippen LogP contribution is 2.43. The lowest BCUT2D eigenvalue weighted by molar-refractivity contribution is -0.160. The second kappa shape index (κ2) is 7.95. The number of ether oxygens (including phenoxy) is 2. The van der Waals surface area contributed by atoms with Gasteiger partial charge in [0.15, 0.2) is 6.10 Å². The summed E-state index contributed by atoms with van der Waals surface area (Å²) in [6.45, 7) is 6.30. The van der Waals surface area contributed by atoms with Gasteiger partial charge in [0.1, 0.15) is 11.3 Å². The molecule has 178 valence electrons. The third-order valence-corrected chi connectivity index (χ3v) is 6.78. The van der Waals surface area contributed by atoms with Crippen molar-refractivity contribution >= 4 is 39.0 Å². The zero-order valence-electron chi connectivity index (χ0n) is 20.1. The molecular formula is C29H27NO5. The third-order valence-electron chi connectivity index (χ3n) is 6.78. The molecule has 1 unspecified atom stereocenters. The average Bonchev–Trinajstić information content (AvgIpc) is 3.32. The van der Waals surface area contributed by atoms with Gasteiger partial charge in [0.25, 0.3) is 0 Å². The molecule has 0 radical (unpaired) electrons. The van der Waals surface area contributed by atoms with Crippen molar-refractivity contribution in [1.29, 1.82) is 0 Å². The van der Waals surface area contributed by atoms with Crippen LogP contribution < -0.4 is 10.6 Å². The van der Waals surface area contributed by atoms with Gasteiger partial charge in [-0.1, -0.05) is 24.3 Å². The summed E-state index contributed by atoms with van der Waals surface area (Å²) in [6.07, 6.45) is 4.57. The Balaban J connectivity index is 1.81. The molecule has 0 fully saturated rings. The quantitative estimate of drug-likeness (QED) is 0.471. The molecule has 1 aliphatic heterocycles. The molecule has 1 aliphatic carbocycles. The first-order valence-electron chi connectivity index (χ1n) is 12.0. The van der Waals surface area contributed by atoms with Crippen molar-refractivity contribution in [2.45, 2.75) is 51.7 Å². The molecule has 1 atom stereocenters. The van der Waals surface area contributed by atoms with Crippen LogP contribution in [-0.2, 0) is 20.7 Å². The van der Waals surface area contributed by atoms with Gasteiger partial charge in [-0.25, -0.2) is 4.79 Å². The van der Waals surface area contributed by atoms with E-state index < -0.39 is 17.7 Å². The fourth-order valence-corrected chi connectivity index (χ4v) is 5.50. The maximum absolute atomic E-state index is 12.7. The van der Waals surface area contributed by atoms with Crippen LogP contribution in [0.3, 0.4) is 0 Å². The summed E-state index contributed by atoms with van der Waals surface area (Å²) in [6, 6.07) is 11.9. The molecule has 3 heterocycles. The molecule has 0 amide bonds. The molecule has 0 spiro atoms. The summed E-state index contributed by atoms with van der Waals surface area (Å²) in [5, 5.41) is 15.0. The Bertz CT molecular complexity index is 1620. The van der Waals surface area contributed by atoms with Crippen LogP contribution in [0.5, 0.6) is 0 Å². The normalized spacial score (nSPS) is 16.3. The predicted octanol–water partition coefficient (Wildman–Crippen LogP) is 4.60. The standard InChI is InChI=1S/C29H27NO5/c1-29(2,3)35-27(28(31)32)24-20-12-15-34-26(20)18-7-5-4-6-17(18)23(24)19-8-9-21-22-16(11-14-33-21)10-13-30-25(19)22/h4-7,10,12-13,15,27H,8-9,11,14H2,1-3H3,(H,31,32). The van der Waals surface area contributed by atoms with Gasteiger partial charge in [-0.3, -0.25) is 4.98 Å². The van der Waals surface area contributed by atoms with Crippen LogP contribution in [0.15, 0.2) is 53.3 Å². The van der Waals surface area contributed by atoms with E-state index in [0.29, 0.717) is 24.2 Å². The minimum absolute atomic E-state index is 0.615. The lowest BCUT2D eigenvalue weighted by Crippen LogP contribution is -2.41. The number of nitrogens with zero attached hydrogens (tertiary/aromatic N) is 1. The van der Waals surface area contributed by atoms with E-state index in [-0.39, 0.29) is 0 Å². The number of benzene rings is 2. The maximum Gasteiger partial charge on any atom is 0.337 e. The number of carboxylic acids is 1. The third kappa shape index (κ3) is 3.51. The highest BCUT2D eigenvalue weighted by Gasteiger charge is 2.34. The molecule has 4 aromatic rings. The van der Waals surface area contributed by atoms with Crippen molar-refractivity contribution in [2.24, 2.45) is 0 Å². The van der Waals surface area contributed by atoms with E-state index in [9.17, 15) is 9.90 Å². The first-order valence-corrected chi connectivity index (χ1v) is 12.0. The van der Waals surface area contributed by atoms with E-state index >= 15 is 0 Å². The molecule has 6 rings (SSSR count). The number of aromatic nitrogens is 1. The van der Waals surface area contributed by atoms with Crippen LogP contribution in [0.25, 0.3) is 33.1 Å². The van der Waals surface area contributed by atoms with Crippen molar-refractivity contribution in [1.82, 2.24) is 4.98 Å². The minimum atomic E-state index is -1.18. The lowest BCUT2D eigenvalue weighted by Gasteiger charge is -2.29. The van der Waals surface area contributed by atoms with Gasteiger partial charge in [0.2, 0.25) is 0 Å². The molecule has 2 aliphatic rings. The summed E-state index contributed by atoms with van der Waals surface area (Å²) < 4.78 is 18.1. The molecule has 0 saturated heterocycles. The van der Waals surface area contributed by atoms with E-state index in [4.69, 9.17) is 18.9 Å². The largest absolute Gasteiger partial charge is 0.497 e. The van der Waals surface area contributed by atoms with Crippen LogP contribution in [0.4, 0.5) is 0 Å². The molecule has 6 heteroatoms. The van der Waals surface area contributed by atoms with Gasteiger partial charge in [-0.15, -0.1) is 0 Å². The predicted molar refractivity (Wildman–Crippen MR) is 133 cm³/mol. The summed E-state index contributed by atoms with van der Waals surface area (Å²) in [5.41, 5.74) is 3.73. The van der Waals surface area contributed by atoms with Gasteiger partial charge in [-0.05, 0) is 61.4 Å². The number of carboxylic acid groups (broad SMARTS) is 1. The van der Waals surface area contributed by atoms with E-state index in [2.05, 4.69) is 6.07 Å². The second-order valence-corrected chi connectivity index (χ2v) is 10.1. The zero-order valence-corrected chi connectivity index (χ0v) is 20.1. The molecule has 0 bridgehead atoms. The summed E-state index contributed by atoms with van der Waals surface area (Å²) in [7, 11) is 0. The monoisotopic (exact) mass is 469 g/mol. The highest BCUT2D eigenvalue weighted by atomic mass is 16.5. The maximum atomic E-state index is 12.7. The van der Waals surface area contributed by atoms with Crippen LogP contribution in [-0.4, -0.2) is 28.3 Å². The van der Waals surface area contributed by atoms with Gasteiger partial charge in [0.05, 0.1) is 23.8 Å². The van der Waals surface area contributed by atoms with Crippen molar-refractivity contribution in [2.75, 3.05) is 6.61 Å². The number of carbonyl (C=O) groups is 1. The van der Waals surface area contributed by atoms with Crippen molar-refractivity contribution in [3.8, 4) is 0 Å². The number of aliphatic carboxylic acids is 1. The minimum Gasteiger partial charge on any atom is -0.497 e. The SMILES string of the molecule is CC(C)(C)OC(C(=O)O)c1c(C2=c3nccc4c3=C(CC2)OCC4)c2ccccc2c2occc12. The fraction of sp³-hybridized carbons (Fsp3) is 0.310. The van der Waals surface area contributed by atoms with Gasteiger partial charge in [0, 0.05) is 40.6 Å². The van der Waals surface area contributed by atoms with Crippen LogP contribution >= 0.6 is 0 Å². The number of rotatable bonds is 4. The number of pyridine rings is 1. The summed E-state index contributed by atoms with van der Waals surface area (Å²) in [4.78, 5) is 17.5. The first-order chi connectivity index (χ1) is 16.8. The lowest BCUT2D eigenvalue weighted by atomic mass is 9.83. The van der Waals surface area contributed by atoms with Crippen molar-refractivity contribution in [3.05, 3.63) is 76.1 Å². The first kappa shape index (κ1) is 21.9. The Labute approximate surface area is 202 Å². The second-order valence-electron chi connectivity index (χ2n) is 10.1. The van der Waals surface area contributed by atoms with Crippen molar-refractivity contribution < 1.29 is 23.8 Å². The van der Waals surface area contributed by atoms with Crippen LogP contribution in [0.2, 0.25) is 0 Å². The Morgan fingerprint density at radius 1 is 1.06 bits per heavy atom. The average molecular weight is 470 g/mol. The molecular weight excluding hydrogens is 442 g/mol. The molecule has 2 aromatic heterocycles. The Hall–Kier alpha value is -3.64. The van der Waals surface area contributed by atoms with Crippen LogP contribution in [0, 0.1) is 0 Å².